The zero-order valence-corrected chi connectivity index (χ0v) is 14.1. The number of hydrogen-bond acceptors (Lipinski definition) is 2. The summed E-state index contributed by atoms with van der Waals surface area (Å²) in [5, 5.41) is 0. The van der Waals surface area contributed by atoms with Crippen molar-refractivity contribution < 1.29 is 9.53 Å². The third kappa shape index (κ3) is 3.21. The van der Waals surface area contributed by atoms with Crippen LogP contribution in [0.4, 0.5) is 0 Å². The molecule has 1 fully saturated rings. The van der Waals surface area contributed by atoms with E-state index in [0.717, 1.165) is 36.8 Å². The molecule has 0 unspecified atom stereocenters. The van der Waals surface area contributed by atoms with Crippen LogP contribution in [-0.2, 0) is 4.74 Å². The molecule has 0 atom stereocenters. The molecule has 0 spiro atoms. The Morgan fingerprint density at radius 3 is 2.29 bits per heavy atom. The molecule has 1 aliphatic rings. The molecule has 0 amide bonds. The average Bonchev–Trinajstić information content (AvgIpc) is 2.45. The maximum absolute atomic E-state index is 13.2. The number of ketones is 1. The standard InChI is InChI=1S/C19H28O2/c1-6-21-19(9-7-13(2)8-10-19)18(20)17-12-15(4)14(3)11-16(17)5/h11-13H,6-10H2,1-5H3. The number of ether oxygens (including phenoxy) is 1. The van der Waals surface area contributed by atoms with Crippen molar-refractivity contribution in [1.29, 1.82) is 0 Å². The van der Waals surface area contributed by atoms with E-state index in [1.54, 1.807) is 0 Å². The highest BCUT2D eigenvalue weighted by Gasteiger charge is 2.42. The first-order valence-corrected chi connectivity index (χ1v) is 8.16. The van der Waals surface area contributed by atoms with Crippen molar-refractivity contribution in [3.63, 3.8) is 0 Å². The highest BCUT2D eigenvalue weighted by Crippen LogP contribution is 2.38. The molecular formula is C19H28O2. The Balaban J connectivity index is 2.37. The lowest BCUT2D eigenvalue weighted by Crippen LogP contribution is -2.45. The Bertz CT molecular complexity index is 523. The van der Waals surface area contributed by atoms with E-state index >= 15 is 0 Å². The van der Waals surface area contributed by atoms with Crippen LogP contribution in [0.3, 0.4) is 0 Å². The fourth-order valence-corrected chi connectivity index (χ4v) is 3.39. The van der Waals surface area contributed by atoms with E-state index in [0.29, 0.717) is 12.5 Å². The van der Waals surface area contributed by atoms with Gasteiger partial charge in [0.1, 0.15) is 5.60 Å². The molecule has 0 N–H and O–H groups in total. The van der Waals surface area contributed by atoms with E-state index < -0.39 is 5.60 Å². The van der Waals surface area contributed by atoms with E-state index in [9.17, 15) is 4.79 Å². The summed E-state index contributed by atoms with van der Waals surface area (Å²) in [6.07, 6.45) is 3.87. The van der Waals surface area contributed by atoms with E-state index in [-0.39, 0.29) is 5.78 Å². The third-order valence-electron chi connectivity index (χ3n) is 5.00. The Kier molecular flexibility index (Phi) is 4.88. The second-order valence-corrected chi connectivity index (χ2v) is 6.69. The van der Waals surface area contributed by atoms with Crippen molar-refractivity contribution >= 4 is 5.78 Å². The van der Waals surface area contributed by atoms with Crippen LogP contribution in [-0.4, -0.2) is 18.0 Å². The lowest BCUT2D eigenvalue weighted by Gasteiger charge is -2.38. The highest BCUT2D eigenvalue weighted by atomic mass is 16.5. The Morgan fingerprint density at radius 1 is 1.14 bits per heavy atom. The van der Waals surface area contributed by atoms with Gasteiger partial charge >= 0.3 is 0 Å². The Morgan fingerprint density at radius 2 is 1.71 bits per heavy atom. The number of Topliss-reactive ketones (excluding diaryl/α,β-unsaturated/α-hetero) is 1. The predicted molar refractivity (Wildman–Crippen MR) is 87.0 cm³/mol. The van der Waals surface area contributed by atoms with E-state index in [1.807, 2.05) is 19.9 Å². The average molecular weight is 288 g/mol. The van der Waals surface area contributed by atoms with Crippen molar-refractivity contribution in [3.05, 3.63) is 34.4 Å². The molecule has 1 aromatic carbocycles. The summed E-state index contributed by atoms with van der Waals surface area (Å²) in [6.45, 7) is 11.1. The summed E-state index contributed by atoms with van der Waals surface area (Å²) in [6, 6.07) is 4.17. The van der Waals surface area contributed by atoms with Crippen molar-refractivity contribution in [2.75, 3.05) is 6.61 Å². The molecule has 0 radical (unpaired) electrons. The second kappa shape index (κ2) is 6.31. The SMILES string of the molecule is CCOC1(C(=O)c2cc(C)c(C)cc2C)CCC(C)CC1. The first kappa shape index (κ1) is 16.2. The third-order valence-corrected chi connectivity index (χ3v) is 5.00. The van der Waals surface area contributed by atoms with Crippen molar-refractivity contribution in [2.24, 2.45) is 5.92 Å². The van der Waals surface area contributed by atoms with Crippen LogP contribution in [0.15, 0.2) is 12.1 Å². The number of benzene rings is 1. The molecule has 21 heavy (non-hydrogen) atoms. The van der Waals surface area contributed by atoms with Crippen LogP contribution >= 0.6 is 0 Å². The number of aryl methyl sites for hydroxylation is 3. The minimum Gasteiger partial charge on any atom is -0.367 e. The minimum absolute atomic E-state index is 0.192. The molecule has 2 rings (SSSR count). The van der Waals surface area contributed by atoms with Crippen LogP contribution in [0, 0.1) is 26.7 Å². The molecule has 116 valence electrons. The van der Waals surface area contributed by atoms with Gasteiger partial charge in [0.05, 0.1) is 0 Å². The zero-order chi connectivity index (χ0) is 15.6. The number of hydrogen-bond donors (Lipinski definition) is 0. The van der Waals surface area contributed by atoms with Crippen LogP contribution in [0.25, 0.3) is 0 Å². The summed E-state index contributed by atoms with van der Waals surface area (Å²) in [7, 11) is 0. The fraction of sp³-hybridized carbons (Fsp3) is 0.632. The van der Waals surface area contributed by atoms with Gasteiger partial charge in [-0.05, 0) is 82.1 Å². The molecule has 0 bridgehead atoms. The molecule has 0 aromatic heterocycles. The lowest BCUT2D eigenvalue weighted by atomic mass is 9.74. The van der Waals surface area contributed by atoms with Gasteiger partial charge in [0, 0.05) is 12.2 Å². The largest absolute Gasteiger partial charge is 0.367 e. The van der Waals surface area contributed by atoms with Crippen LogP contribution in [0.5, 0.6) is 0 Å². The van der Waals surface area contributed by atoms with Gasteiger partial charge in [0.2, 0.25) is 0 Å². The lowest BCUT2D eigenvalue weighted by molar-refractivity contribution is -0.0474. The van der Waals surface area contributed by atoms with Crippen LogP contribution < -0.4 is 0 Å². The van der Waals surface area contributed by atoms with Gasteiger partial charge in [-0.15, -0.1) is 0 Å². The summed E-state index contributed by atoms with van der Waals surface area (Å²) in [4.78, 5) is 13.2. The molecule has 0 saturated heterocycles. The van der Waals surface area contributed by atoms with Gasteiger partial charge in [0.15, 0.2) is 5.78 Å². The molecule has 0 heterocycles. The summed E-state index contributed by atoms with van der Waals surface area (Å²) in [5.74, 6) is 0.893. The Labute approximate surface area is 128 Å². The number of rotatable bonds is 4. The predicted octanol–water partition coefficient (Wildman–Crippen LogP) is 4.78. The fourth-order valence-electron chi connectivity index (χ4n) is 3.39. The molecule has 1 aliphatic carbocycles. The first-order chi connectivity index (χ1) is 9.89. The summed E-state index contributed by atoms with van der Waals surface area (Å²) in [5.41, 5.74) is 3.75. The van der Waals surface area contributed by atoms with E-state index in [2.05, 4.69) is 26.8 Å². The van der Waals surface area contributed by atoms with Crippen molar-refractivity contribution in [1.82, 2.24) is 0 Å². The highest BCUT2D eigenvalue weighted by molar-refractivity contribution is 6.04. The second-order valence-electron chi connectivity index (χ2n) is 6.69. The molecule has 2 heteroatoms. The molecule has 2 nitrogen and oxygen atoms in total. The van der Waals surface area contributed by atoms with Gasteiger partial charge in [-0.25, -0.2) is 0 Å². The van der Waals surface area contributed by atoms with Gasteiger partial charge in [-0.1, -0.05) is 13.0 Å². The maximum Gasteiger partial charge on any atom is 0.194 e. The van der Waals surface area contributed by atoms with E-state index in [4.69, 9.17) is 4.74 Å². The zero-order valence-electron chi connectivity index (χ0n) is 14.1. The maximum atomic E-state index is 13.2. The minimum atomic E-state index is -0.590. The summed E-state index contributed by atoms with van der Waals surface area (Å²) >= 11 is 0. The van der Waals surface area contributed by atoms with Crippen LogP contribution in [0.2, 0.25) is 0 Å². The quantitative estimate of drug-likeness (QED) is 0.745. The van der Waals surface area contributed by atoms with Gasteiger partial charge in [-0.2, -0.15) is 0 Å². The van der Waals surface area contributed by atoms with E-state index in [1.165, 1.54) is 11.1 Å². The topological polar surface area (TPSA) is 26.3 Å². The monoisotopic (exact) mass is 288 g/mol. The molecule has 1 saturated carbocycles. The summed E-state index contributed by atoms with van der Waals surface area (Å²) < 4.78 is 6.01. The Hall–Kier alpha value is -1.15. The van der Waals surface area contributed by atoms with Crippen LogP contribution in [0.1, 0.15) is 66.6 Å². The molecular weight excluding hydrogens is 260 g/mol. The van der Waals surface area contributed by atoms with Gasteiger partial charge in [-0.3, -0.25) is 4.79 Å². The number of carbonyl (C=O) groups is 1. The smallest absolute Gasteiger partial charge is 0.194 e. The normalized spacial score (nSPS) is 25.9. The molecule has 1 aromatic rings. The molecule has 0 aliphatic heterocycles. The van der Waals surface area contributed by atoms with Gasteiger partial charge < -0.3 is 4.74 Å². The van der Waals surface area contributed by atoms with Crippen molar-refractivity contribution in [3.8, 4) is 0 Å². The van der Waals surface area contributed by atoms with Crippen molar-refractivity contribution in [2.45, 2.75) is 65.9 Å². The number of carbonyl (C=O) groups excluding carboxylic acids is 1. The van der Waals surface area contributed by atoms with Gasteiger partial charge in [0.25, 0.3) is 0 Å². The first-order valence-electron chi connectivity index (χ1n) is 8.16.